The number of nitrogens with zero attached hydrogens (tertiary/aromatic N) is 1. The van der Waals surface area contributed by atoms with E-state index in [0.717, 1.165) is 38.0 Å². The number of morpholine rings is 1. The van der Waals surface area contributed by atoms with Crippen molar-refractivity contribution in [1.82, 2.24) is 4.72 Å². The lowest BCUT2D eigenvalue weighted by atomic mass is 10.1. The molecule has 172 valence electrons. The first kappa shape index (κ1) is 24.9. The lowest BCUT2D eigenvalue weighted by molar-refractivity contribution is -0.00526. The Bertz CT molecular complexity index is 799. The summed E-state index contributed by atoms with van der Waals surface area (Å²) in [6.45, 7) is 13.5. The molecule has 6 nitrogen and oxygen atoms in total. The summed E-state index contributed by atoms with van der Waals surface area (Å²) in [6.07, 6.45) is 2.71. The number of unbranched alkanes of at least 4 members (excludes halogenated alkanes) is 2. The number of ether oxygens (including phenoxy) is 1. The molecular formula is C22H38FN3O3S. The Morgan fingerprint density at radius 1 is 1.10 bits per heavy atom. The second-order valence-electron chi connectivity index (χ2n) is 9.23. The summed E-state index contributed by atoms with van der Waals surface area (Å²) in [5.74, 6) is -0.211. The molecule has 0 radical (unpaired) electrons. The van der Waals surface area contributed by atoms with E-state index in [1.54, 1.807) is 26.8 Å². The number of anilines is 2. The molecule has 1 aromatic carbocycles. The van der Waals surface area contributed by atoms with Gasteiger partial charge >= 0.3 is 0 Å². The van der Waals surface area contributed by atoms with Gasteiger partial charge in [0.15, 0.2) is 5.82 Å². The van der Waals surface area contributed by atoms with Crippen LogP contribution in [0.15, 0.2) is 12.1 Å². The summed E-state index contributed by atoms with van der Waals surface area (Å²) in [4.78, 5) is 2.19. The maximum atomic E-state index is 14.9. The Balaban J connectivity index is 1.79. The first-order chi connectivity index (χ1) is 13.9. The molecule has 0 aliphatic carbocycles. The van der Waals surface area contributed by atoms with Crippen LogP contribution >= 0.6 is 0 Å². The maximum Gasteiger partial charge on any atom is 0.216 e. The summed E-state index contributed by atoms with van der Waals surface area (Å²) < 4.78 is 46.5. The molecule has 0 bridgehead atoms. The van der Waals surface area contributed by atoms with E-state index in [1.165, 1.54) is 0 Å². The zero-order chi connectivity index (χ0) is 22.5. The number of hydrogen-bond acceptors (Lipinski definition) is 5. The van der Waals surface area contributed by atoms with E-state index in [1.807, 2.05) is 26.8 Å². The predicted octanol–water partition coefficient (Wildman–Crippen LogP) is 4.05. The van der Waals surface area contributed by atoms with Crippen LogP contribution in [0.4, 0.5) is 15.8 Å². The smallest absolute Gasteiger partial charge is 0.216 e. The molecule has 0 aromatic heterocycles. The fourth-order valence-corrected chi connectivity index (χ4v) is 4.45. The number of halogens is 1. The Hall–Kier alpha value is -1.38. The standard InChI is InChI=1S/C22H38FN3O3S/c1-16-14-26(15-17(2)29-16)20-11-10-19(21(23)18(20)3)24-12-8-7-9-13-25-30(27,28)22(4,5)6/h10-11,16-17,24-25H,7-9,12-15H2,1-6H3/t16-,17+. The zero-order valence-corrected chi connectivity index (χ0v) is 20.0. The van der Waals surface area contributed by atoms with Crippen LogP contribution in [0.3, 0.4) is 0 Å². The maximum absolute atomic E-state index is 14.9. The number of sulfonamides is 1. The summed E-state index contributed by atoms with van der Waals surface area (Å²) >= 11 is 0. The molecule has 1 aliphatic heterocycles. The topological polar surface area (TPSA) is 70.7 Å². The monoisotopic (exact) mass is 443 g/mol. The Labute approximate surface area is 181 Å². The minimum absolute atomic E-state index is 0.127. The quantitative estimate of drug-likeness (QED) is 0.564. The third kappa shape index (κ3) is 6.56. The molecule has 0 spiro atoms. The summed E-state index contributed by atoms with van der Waals surface area (Å²) in [5.41, 5.74) is 2.09. The van der Waals surface area contributed by atoms with Crippen LogP contribution in [-0.2, 0) is 14.8 Å². The zero-order valence-electron chi connectivity index (χ0n) is 19.2. The number of rotatable bonds is 9. The highest BCUT2D eigenvalue weighted by Crippen LogP contribution is 2.30. The third-order valence-corrected chi connectivity index (χ3v) is 7.58. The SMILES string of the molecule is Cc1c(N2C[C@@H](C)O[C@@H](C)C2)ccc(NCCCCCNS(=O)(=O)C(C)(C)C)c1F. The van der Waals surface area contributed by atoms with Crippen LogP contribution in [0.2, 0.25) is 0 Å². The Morgan fingerprint density at radius 2 is 1.70 bits per heavy atom. The molecule has 30 heavy (non-hydrogen) atoms. The molecular weight excluding hydrogens is 405 g/mol. The lowest BCUT2D eigenvalue weighted by Crippen LogP contribution is -2.45. The normalized spacial score (nSPS) is 20.4. The number of nitrogens with one attached hydrogen (secondary N) is 2. The predicted molar refractivity (Wildman–Crippen MR) is 122 cm³/mol. The molecule has 1 aliphatic rings. The molecule has 2 N–H and O–H groups in total. The van der Waals surface area contributed by atoms with Gasteiger partial charge in [-0.1, -0.05) is 6.42 Å². The van der Waals surface area contributed by atoms with Crippen molar-refractivity contribution in [3.05, 3.63) is 23.5 Å². The van der Waals surface area contributed by atoms with Gasteiger partial charge in [-0.15, -0.1) is 0 Å². The molecule has 0 saturated carbocycles. The van der Waals surface area contributed by atoms with E-state index >= 15 is 0 Å². The van der Waals surface area contributed by atoms with Gasteiger partial charge in [-0.2, -0.15) is 0 Å². The second-order valence-corrected chi connectivity index (χ2v) is 11.8. The van der Waals surface area contributed by atoms with Gasteiger partial charge in [-0.25, -0.2) is 17.5 Å². The van der Waals surface area contributed by atoms with Crippen molar-refractivity contribution >= 4 is 21.4 Å². The molecule has 1 fully saturated rings. The average Bonchev–Trinajstić information content (AvgIpc) is 2.62. The summed E-state index contributed by atoms with van der Waals surface area (Å²) in [5, 5.41) is 3.18. The fraction of sp³-hybridized carbons (Fsp3) is 0.727. The highest BCUT2D eigenvalue weighted by molar-refractivity contribution is 7.90. The van der Waals surface area contributed by atoms with Gasteiger partial charge in [0, 0.05) is 37.4 Å². The van der Waals surface area contributed by atoms with Crippen molar-refractivity contribution in [2.24, 2.45) is 0 Å². The van der Waals surface area contributed by atoms with Crippen molar-refractivity contribution in [2.45, 2.75) is 77.8 Å². The van der Waals surface area contributed by atoms with Crippen molar-refractivity contribution < 1.29 is 17.5 Å². The van der Waals surface area contributed by atoms with Gasteiger partial charge in [-0.3, -0.25) is 0 Å². The van der Waals surface area contributed by atoms with Gasteiger partial charge < -0.3 is 15.0 Å². The van der Waals surface area contributed by atoms with Crippen molar-refractivity contribution in [2.75, 3.05) is 36.4 Å². The molecule has 0 unspecified atom stereocenters. The Morgan fingerprint density at radius 3 is 2.30 bits per heavy atom. The van der Waals surface area contributed by atoms with Crippen LogP contribution in [0, 0.1) is 12.7 Å². The largest absolute Gasteiger partial charge is 0.383 e. The van der Waals surface area contributed by atoms with Crippen molar-refractivity contribution in [1.29, 1.82) is 0 Å². The van der Waals surface area contributed by atoms with Crippen molar-refractivity contribution in [3.63, 3.8) is 0 Å². The van der Waals surface area contributed by atoms with Crippen molar-refractivity contribution in [3.8, 4) is 0 Å². The van der Waals surface area contributed by atoms with E-state index in [4.69, 9.17) is 4.74 Å². The molecule has 8 heteroatoms. The van der Waals surface area contributed by atoms with Crippen LogP contribution in [-0.4, -0.2) is 51.6 Å². The van der Waals surface area contributed by atoms with Crippen LogP contribution in [0.25, 0.3) is 0 Å². The van der Waals surface area contributed by atoms with E-state index in [9.17, 15) is 12.8 Å². The van der Waals surface area contributed by atoms with Crippen LogP contribution in [0.5, 0.6) is 0 Å². The fourth-order valence-electron chi connectivity index (χ4n) is 3.60. The molecule has 1 heterocycles. The van der Waals surface area contributed by atoms with E-state index in [2.05, 4.69) is 14.9 Å². The summed E-state index contributed by atoms with van der Waals surface area (Å²) in [6, 6.07) is 3.78. The minimum Gasteiger partial charge on any atom is -0.383 e. The molecule has 2 rings (SSSR count). The first-order valence-electron chi connectivity index (χ1n) is 10.8. The first-order valence-corrected chi connectivity index (χ1v) is 12.3. The summed E-state index contributed by atoms with van der Waals surface area (Å²) in [7, 11) is -3.29. The highest BCUT2D eigenvalue weighted by Gasteiger charge is 2.28. The van der Waals surface area contributed by atoms with Gasteiger partial charge in [0.1, 0.15) is 0 Å². The van der Waals surface area contributed by atoms with E-state index < -0.39 is 14.8 Å². The van der Waals surface area contributed by atoms with Gasteiger partial charge in [0.05, 0.1) is 22.6 Å². The molecule has 1 aromatic rings. The van der Waals surface area contributed by atoms with Gasteiger partial charge in [0.2, 0.25) is 10.0 Å². The number of hydrogen-bond donors (Lipinski definition) is 2. The van der Waals surface area contributed by atoms with Crippen LogP contribution < -0.4 is 14.9 Å². The van der Waals surface area contributed by atoms with Crippen LogP contribution in [0.1, 0.15) is 59.4 Å². The highest BCUT2D eigenvalue weighted by atomic mass is 32.2. The number of benzene rings is 1. The molecule has 2 atom stereocenters. The lowest BCUT2D eigenvalue weighted by Gasteiger charge is -2.37. The Kier molecular flexibility index (Phi) is 8.53. The second kappa shape index (κ2) is 10.3. The van der Waals surface area contributed by atoms with E-state index in [0.29, 0.717) is 24.3 Å². The minimum atomic E-state index is -3.29. The van der Waals surface area contributed by atoms with E-state index in [-0.39, 0.29) is 18.0 Å². The average molecular weight is 444 g/mol. The van der Waals surface area contributed by atoms with Gasteiger partial charge in [0.25, 0.3) is 0 Å². The molecule has 0 amide bonds. The van der Waals surface area contributed by atoms with Gasteiger partial charge in [-0.05, 0) is 66.5 Å². The third-order valence-electron chi connectivity index (χ3n) is 5.39. The molecule has 1 saturated heterocycles.